The van der Waals surface area contributed by atoms with Crippen molar-refractivity contribution in [1.29, 1.82) is 0 Å². The summed E-state index contributed by atoms with van der Waals surface area (Å²) in [7, 11) is 6.60. The predicted molar refractivity (Wildman–Crippen MR) is 104 cm³/mol. The van der Waals surface area contributed by atoms with Gasteiger partial charge >= 0.3 is 0 Å². The summed E-state index contributed by atoms with van der Waals surface area (Å²) in [5.41, 5.74) is 4.24. The van der Waals surface area contributed by atoms with Gasteiger partial charge in [-0.3, -0.25) is 0 Å². The van der Waals surface area contributed by atoms with Crippen LogP contribution in [0.2, 0.25) is 0 Å². The molecule has 3 aromatic rings. The third kappa shape index (κ3) is 3.75. The van der Waals surface area contributed by atoms with E-state index in [1.54, 1.807) is 28.4 Å². The van der Waals surface area contributed by atoms with Crippen LogP contribution in [0, 0.1) is 0 Å². The van der Waals surface area contributed by atoms with Gasteiger partial charge in [0.05, 0.1) is 28.4 Å². The van der Waals surface area contributed by atoms with Gasteiger partial charge in [-0.2, -0.15) is 0 Å². The highest BCUT2D eigenvalue weighted by atomic mass is 16.5. The summed E-state index contributed by atoms with van der Waals surface area (Å²) in [6.07, 6.45) is 0. The fourth-order valence-electron chi connectivity index (χ4n) is 2.80. The second kappa shape index (κ2) is 7.83. The van der Waals surface area contributed by atoms with E-state index in [4.69, 9.17) is 18.9 Å². The zero-order valence-corrected chi connectivity index (χ0v) is 15.4. The molecule has 0 bridgehead atoms. The monoisotopic (exact) mass is 350 g/mol. The lowest BCUT2D eigenvalue weighted by atomic mass is 9.99. The Morgan fingerprint density at radius 3 is 0.885 bits per heavy atom. The number of hydrogen-bond acceptors (Lipinski definition) is 4. The molecule has 0 aliphatic heterocycles. The first-order valence-corrected chi connectivity index (χ1v) is 8.23. The van der Waals surface area contributed by atoms with E-state index in [0.717, 1.165) is 45.3 Å². The molecule has 26 heavy (non-hydrogen) atoms. The van der Waals surface area contributed by atoms with Crippen molar-refractivity contribution < 1.29 is 18.9 Å². The van der Waals surface area contributed by atoms with Crippen molar-refractivity contribution in [3.05, 3.63) is 60.7 Å². The molecule has 0 radical (unpaired) electrons. The maximum atomic E-state index is 5.36. The molecule has 3 aromatic carbocycles. The average molecular weight is 350 g/mol. The van der Waals surface area contributed by atoms with E-state index < -0.39 is 0 Å². The Labute approximate surface area is 153 Å². The highest BCUT2D eigenvalue weighted by Crippen LogP contribution is 2.33. The lowest BCUT2D eigenvalue weighted by Crippen LogP contribution is -1.90. The molecule has 0 amide bonds. The molecule has 0 saturated carbocycles. The Bertz CT molecular complexity index is 766. The van der Waals surface area contributed by atoms with Crippen LogP contribution in [0.4, 0.5) is 0 Å². The Hall–Kier alpha value is -3.14. The van der Waals surface area contributed by atoms with Crippen LogP contribution in [0.1, 0.15) is 0 Å². The van der Waals surface area contributed by atoms with E-state index in [2.05, 4.69) is 24.3 Å². The fraction of sp³-hybridized carbons (Fsp3) is 0.182. The Balaban J connectivity index is 1.97. The SMILES string of the molecule is COc1cc(OC)cc(-c2ccc(-c3cc(OC)cc(OC)c3)cc2)c1. The van der Waals surface area contributed by atoms with E-state index in [1.807, 2.05) is 36.4 Å². The van der Waals surface area contributed by atoms with Crippen LogP contribution in [0.3, 0.4) is 0 Å². The van der Waals surface area contributed by atoms with Crippen molar-refractivity contribution >= 4 is 0 Å². The van der Waals surface area contributed by atoms with Crippen LogP contribution in [0.15, 0.2) is 60.7 Å². The van der Waals surface area contributed by atoms with Crippen LogP contribution in [-0.4, -0.2) is 28.4 Å². The maximum absolute atomic E-state index is 5.36. The fourth-order valence-corrected chi connectivity index (χ4v) is 2.80. The first kappa shape index (κ1) is 17.7. The normalized spacial score (nSPS) is 10.3. The van der Waals surface area contributed by atoms with Crippen LogP contribution in [0.5, 0.6) is 23.0 Å². The Morgan fingerprint density at radius 2 is 0.654 bits per heavy atom. The molecule has 0 aliphatic carbocycles. The molecule has 3 rings (SSSR count). The van der Waals surface area contributed by atoms with Crippen molar-refractivity contribution in [2.45, 2.75) is 0 Å². The molecule has 0 aliphatic rings. The minimum absolute atomic E-state index is 0.765. The van der Waals surface area contributed by atoms with Gasteiger partial charge in [-0.15, -0.1) is 0 Å². The van der Waals surface area contributed by atoms with Crippen LogP contribution in [-0.2, 0) is 0 Å². The largest absolute Gasteiger partial charge is 0.497 e. The topological polar surface area (TPSA) is 36.9 Å². The Morgan fingerprint density at radius 1 is 0.385 bits per heavy atom. The molecule has 4 nitrogen and oxygen atoms in total. The molecule has 0 saturated heterocycles. The zero-order valence-electron chi connectivity index (χ0n) is 15.4. The zero-order chi connectivity index (χ0) is 18.5. The van der Waals surface area contributed by atoms with Crippen molar-refractivity contribution in [3.8, 4) is 45.3 Å². The third-order valence-electron chi connectivity index (χ3n) is 4.25. The van der Waals surface area contributed by atoms with Crippen LogP contribution < -0.4 is 18.9 Å². The minimum atomic E-state index is 0.765. The standard InChI is InChI=1S/C22H22O4/c1-23-19-9-17(10-20(13-19)24-2)15-5-7-16(8-6-15)18-11-21(25-3)14-22(12-18)26-4/h5-14H,1-4H3. The summed E-state index contributed by atoms with van der Waals surface area (Å²) in [6.45, 7) is 0. The molecule has 0 aromatic heterocycles. The van der Waals surface area contributed by atoms with Gasteiger partial charge in [0, 0.05) is 12.1 Å². The number of hydrogen-bond donors (Lipinski definition) is 0. The molecule has 0 atom stereocenters. The van der Waals surface area contributed by atoms with Gasteiger partial charge in [0.15, 0.2) is 0 Å². The number of rotatable bonds is 6. The summed E-state index contributed by atoms with van der Waals surface area (Å²) in [6, 6.07) is 20.0. The van der Waals surface area contributed by atoms with Crippen molar-refractivity contribution in [2.75, 3.05) is 28.4 Å². The van der Waals surface area contributed by atoms with Crippen molar-refractivity contribution in [1.82, 2.24) is 0 Å². The van der Waals surface area contributed by atoms with Crippen LogP contribution in [0.25, 0.3) is 22.3 Å². The second-order valence-electron chi connectivity index (χ2n) is 5.78. The van der Waals surface area contributed by atoms with Gasteiger partial charge in [0.1, 0.15) is 23.0 Å². The third-order valence-corrected chi connectivity index (χ3v) is 4.25. The van der Waals surface area contributed by atoms with E-state index >= 15 is 0 Å². The molecule has 4 heteroatoms. The smallest absolute Gasteiger partial charge is 0.123 e. The van der Waals surface area contributed by atoms with Gasteiger partial charge < -0.3 is 18.9 Å². The quantitative estimate of drug-likeness (QED) is 0.623. The van der Waals surface area contributed by atoms with Gasteiger partial charge in [0.25, 0.3) is 0 Å². The lowest BCUT2D eigenvalue weighted by Gasteiger charge is -2.11. The summed E-state index contributed by atoms with van der Waals surface area (Å²) < 4.78 is 21.4. The maximum Gasteiger partial charge on any atom is 0.123 e. The molecule has 0 fully saturated rings. The molecular formula is C22H22O4. The predicted octanol–water partition coefficient (Wildman–Crippen LogP) is 5.06. The van der Waals surface area contributed by atoms with Gasteiger partial charge in [0.2, 0.25) is 0 Å². The highest BCUT2D eigenvalue weighted by Gasteiger charge is 2.07. The molecule has 0 spiro atoms. The van der Waals surface area contributed by atoms with Crippen molar-refractivity contribution in [3.63, 3.8) is 0 Å². The Kier molecular flexibility index (Phi) is 5.32. The first-order valence-electron chi connectivity index (χ1n) is 8.23. The van der Waals surface area contributed by atoms with Crippen molar-refractivity contribution in [2.24, 2.45) is 0 Å². The summed E-state index contributed by atoms with van der Waals surface area (Å²) in [4.78, 5) is 0. The summed E-state index contributed by atoms with van der Waals surface area (Å²) >= 11 is 0. The summed E-state index contributed by atoms with van der Waals surface area (Å²) in [5.74, 6) is 3.06. The van der Waals surface area contributed by atoms with E-state index in [1.165, 1.54) is 0 Å². The molecular weight excluding hydrogens is 328 g/mol. The van der Waals surface area contributed by atoms with Gasteiger partial charge in [-0.05, 0) is 46.5 Å². The first-order chi connectivity index (χ1) is 12.7. The van der Waals surface area contributed by atoms with Crippen LogP contribution >= 0.6 is 0 Å². The van der Waals surface area contributed by atoms with Gasteiger partial charge in [-0.1, -0.05) is 24.3 Å². The highest BCUT2D eigenvalue weighted by molar-refractivity contribution is 5.73. The van der Waals surface area contributed by atoms with E-state index in [9.17, 15) is 0 Å². The van der Waals surface area contributed by atoms with Gasteiger partial charge in [-0.25, -0.2) is 0 Å². The molecule has 0 N–H and O–H groups in total. The number of methoxy groups -OCH3 is 4. The second-order valence-corrected chi connectivity index (χ2v) is 5.78. The molecule has 0 heterocycles. The average Bonchev–Trinajstić information content (AvgIpc) is 2.72. The summed E-state index contributed by atoms with van der Waals surface area (Å²) in [5, 5.41) is 0. The van der Waals surface area contributed by atoms with E-state index in [-0.39, 0.29) is 0 Å². The molecule has 0 unspecified atom stereocenters. The minimum Gasteiger partial charge on any atom is -0.497 e. The lowest BCUT2D eigenvalue weighted by molar-refractivity contribution is 0.394. The molecule has 134 valence electrons. The van der Waals surface area contributed by atoms with E-state index in [0.29, 0.717) is 0 Å². The number of ether oxygens (including phenoxy) is 4. The number of benzene rings is 3.